The molecule has 0 rings (SSSR count). The molecule has 40 heavy (non-hydrogen) atoms. The normalized spacial score (nSPS) is 12.8. The van der Waals surface area contributed by atoms with E-state index in [0.29, 0.717) is 12.8 Å². The van der Waals surface area contributed by atoms with E-state index >= 15 is 0 Å². The highest BCUT2D eigenvalue weighted by Crippen LogP contribution is 2.12. The first-order chi connectivity index (χ1) is 19.6. The zero-order chi connectivity index (χ0) is 29.4. The standard InChI is InChI=1S/C35H60O5/c1-3-5-7-9-11-13-14-15-16-17-18-19-20-22-23-25-27-29-34(37)39-32-33(31-36)40-35(38)30-28-26-24-21-12-10-8-6-4-2/h5,7,11,13,15-16,18-19,33,36H,3-4,6,8-10,12,14,17,20-32H2,1-2H3. The van der Waals surface area contributed by atoms with Gasteiger partial charge in [-0.1, -0.05) is 127 Å². The molecule has 0 aromatic rings. The summed E-state index contributed by atoms with van der Waals surface area (Å²) in [6, 6.07) is 0. The number of hydrogen-bond acceptors (Lipinski definition) is 5. The number of carbonyl (C=O) groups is 2. The second kappa shape index (κ2) is 31.4. The molecule has 0 heterocycles. The predicted molar refractivity (Wildman–Crippen MR) is 168 cm³/mol. The number of carbonyl (C=O) groups excluding carboxylic acids is 2. The van der Waals surface area contributed by atoms with Gasteiger partial charge in [0.2, 0.25) is 0 Å². The van der Waals surface area contributed by atoms with E-state index in [1.807, 2.05) is 0 Å². The molecule has 1 unspecified atom stereocenters. The smallest absolute Gasteiger partial charge is 0.306 e. The summed E-state index contributed by atoms with van der Waals surface area (Å²) in [5.41, 5.74) is 0. The summed E-state index contributed by atoms with van der Waals surface area (Å²) in [5, 5.41) is 9.47. The summed E-state index contributed by atoms with van der Waals surface area (Å²) in [6.07, 6.45) is 37.4. The van der Waals surface area contributed by atoms with E-state index in [1.165, 1.54) is 38.5 Å². The van der Waals surface area contributed by atoms with Gasteiger partial charge < -0.3 is 14.6 Å². The van der Waals surface area contributed by atoms with Crippen molar-refractivity contribution in [2.24, 2.45) is 0 Å². The largest absolute Gasteiger partial charge is 0.462 e. The van der Waals surface area contributed by atoms with Gasteiger partial charge in [0.15, 0.2) is 6.10 Å². The zero-order valence-corrected chi connectivity index (χ0v) is 25.8. The number of esters is 2. The van der Waals surface area contributed by atoms with Gasteiger partial charge in [0.25, 0.3) is 0 Å². The number of hydrogen-bond donors (Lipinski definition) is 1. The summed E-state index contributed by atoms with van der Waals surface area (Å²) in [6.45, 7) is 3.95. The maximum atomic E-state index is 12.0. The fraction of sp³-hybridized carbons (Fsp3) is 0.714. The molecule has 0 aliphatic carbocycles. The summed E-state index contributed by atoms with van der Waals surface area (Å²) in [4.78, 5) is 24.0. The SMILES string of the molecule is CCC=CCC=CCC=CCC=CCCCCCCC(=O)OCC(CO)OC(=O)CCCCCCCCCCC. The van der Waals surface area contributed by atoms with Crippen LogP contribution in [0.2, 0.25) is 0 Å². The van der Waals surface area contributed by atoms with Gasteiger partial charge in [-0.25, -0.2) is 0 Å². The van der Waals surface area contributed by atoms with Gasteiger partial charge in [0, 0.05) is 12.8 Å². The van der Waals surface area contributed by atoms with Crippen molar-refractivity contribution in [2.75, 3.05) is 13.2 Å². The Morgan fingerprint density at radius 2 is 1.07 bits per heavy atom. The van der Waals surface area contributed by atoms with Crippen molar-refractivity contribution in [1.29, 1.82) is 0 Å². The van der Waals surface area contributed by atoms with Crippen LogP contribution in [0, 0.1) is 0 Å². The fourth-order valence-electron chi connectivity index (χ4n) is 4.19. The van der Waals surface area contributed by atoms with Gasteiger partial charge in [-0.15, -0.1) is 0 Å². The summed E-state index contributed by atoms with van der Waals surface area (Å²) in [7, 11) is 0. The lowest BCUT2D eigenvalue weighted by Gasteiger charge is -2.15. The van der Waals surface area contributed by atoms with Crippen LogP contribution in [0.4, 0.5) is 0 Å². The van der Waals surface area contributed by atoms with Crippen molar-refractivity contribution in [3.63, 3.8) is 0 Å². The average Bonchev–Trinajstić information content (AvgIpc) is 2.96. The summed E-state index contributed by atoms with van der Waals surface area (Å²) < 4.78 is 10.5. The molecule has 0 saturated heterocycles. The second-order valence-corrected chi connectivity index (χ2v) is 10.5. The minimum Gasteiger partial charge on any atom is -0.462 e. The highest BCUT2D eigenvalue weighted by Gasteiger charge is 2.16. The number of ether oxygens (including phenoxy) is 2. The van der Waals surface area contributed by atoms with Crippen LogP contribution in [-0.2, 0) is 19.1 Å². The first-order valence-corrected chi connectivity index (χ1v) is 16.2. The van der Waals surface area contributed by atoms with Crippen molar-refractivity contribution in [2.45, 2.75) is 148 Å². The molecule has 0 saturated carbocycles. The maximum absolute atomic E-state index is 12.0. The monoisotopic (exact) mass is 560 g/mol. The van der Waals surface area contributed by atoms with E-state index in [9.17, 15) is 14.7 Å². The first kappa shape index (κ1) is 37.9. The van der Waals surface area contributed by atoms with Gasteiger partial charge in [-0.2, -0.15) is 0 Å². The van der Waals surface area contributed by atoms with Gasteiger partial charge in [0.05, 0.1) is 6.61 Å². The summed E-state index contributed by atoms with van der Waals surface area (Å²) in [5.74, 6) is -0.626. The molecule has 1 atom stereocenters. The Hall–Kier alpha value is -2.14. The molecule has 0 aromatic carbocycles. The zero-order valence-electron chi connectivity index (χ0n) is 25.8. The Labute approximate surface area is 246 Å². The lowest BCUT2D eigenvalue weighted by molar-refractivity contribution is -0.161. The Morgan fingerprint density at radius 1 is 0.600 bits per heavy atom. The third kappa shape index (κ3) is 28.9. The lowest BCUT2D eigenvalue weighted by Crippen LogP contribution is -2.28. The van der Waals surface area contributed by atoms with Crippen LogP contribution < -0.4 is 0 Å². The molecular formula is C35H60O5. The van der Waals surface area contributed by atoms with Crippen molar-refractivity contribution in [3.05, 3.63) is 48.6 Å². The number of rotatable bonds is 28. The van der Waals surface area contributed by atoms with E-state index in [-0.39, 0.29) is 25.2 Å². The van der Waals surface area contributed by atoms with Crippen LogP contribution in [-0.4, -0.2) is 36.4 Å². The van der Waals surface area contributed by atoms with Crippen molar-refractivity contribution in [3.8, 4) is 0 Å². The van der Waals surface area contributed by atoms with Gasteiger partial charge in [-0.05, 0) is 51.4 Å². The molecule has 1 N–H and O–H groups in total. The fourth-order valence-corrected chi connectivity index (χ4v) is 4.19. The third-order valence-corrected chi connectivity index (χ3v) is 6.64. The second-order valence-electron chi connectivity index (χ2n) is 10.5. The van der Waals surface area contributed by atoms with Crippen LogP contribution >= 0.6 is 0 Å². The Bertz CT molecular complexity index is 692. The van der Waals surface area contributed by atoms with Crippen molar-refractivity contribution in [1.82, 2.24) is 0 Å². The van der Waals surface area contributed by atoms with Crippen molar-refractivity contribution < 1.29 is 24.2 Å². The third-order valence-electron chi connectivity index (χ3n) is 6.64. The van der Waals surface area contributed by atoms with E-state index < -0.39 is 6.10 Å². The highest BCUT2D eigenvalue weighted by atomic mass is 16.6. The van der Waals surface area contributed by atoms with Gasteiger partial charge >= 0.3 is 11.9 Å². The average molecular weight is 561 g/mol. The topological polar surface area (TPSA) is 72.8 Å². The number of aliphatic hydroxyl groups excluding tert-OH is 1. The molecular weight excluding hydrogens is 500 g/mol. The molecule has 0 aliphatic rings. The van der Waals surface area contributed by atoms with Crippen LogP contribution in [0.25, 0.3) is 0 Å². The molecule has 230 valence electrons. The van der Waals surface area contributed by atoms with Crippen LogP contribution in [0.5, 0.6) is 0 Å². The lowest BCUT2D eigenvalue weighted by atomic mass is 10.1. The summed E-state index contributed by atoms with van der Waals surface area (Å²) >= 11 is 0. The molecule has 0 radical (unpaired) electrons. The molecule has 0 aliphatic heterocycles. The maximum Gasteiger partial charge on any atom is 0.306 e. The van der Waals surface area contributed by atoms with Crippen LogP contribution in [0.3, 0.4) is 0 Å². The Balaban J connectivity index is 3.66. The van der Waals surface area contributed by atoms with E-state index in [2.05, 4.69) is 62.5 Å². The van der Waals surface area contributed by atoms with Crippen LogP contribution in [0.15, 0.2) is 48.6 Å². The van der Waals surface area contributed by atoms with Crippen LogP contribution in [0.1, 0.15) is 142 Å². The quantitative estimate of drug-likeness (QED) is 0.0586. The number of aliphatic hydroxyl groups is 1. The predicted octanol–water partition coefficient (Wildman–Crippen LogP) is 9.50. The molecule has 0 spiro atoms. The minimum atomic E-state index is -0.777. The van der Waals surface area contributed by atoms with E-state index in [1.54, 1.807) is 0 Å². The van der Waals surface area contributed by atoms with Gasteiger partial charge in [-0.3, -0.25) is 9.59 Å². The molecule has 0 aromatic heterocycles. The van der Waals surface area contributed by atoms with E-state index in [4.69, 9.17) is 9.47 Å². The molecule has 5 heteroatoms. The first-order valence-electron chi connectivity index (χ1n) is 16.2. The van der Waals surface area contributed by atoms with Crippen molar-refractivity contribution >= 4 is 11.9 Å². The Morgan fingerprint density at radius 3 is 1.62 bits per heavy atom. The molecule has 0 amide bonds. The molecule has 5 nitrogen and oxygen atoms in total. The Kier molecular flexibility index (Phi) is 29.7. The number of allylic oxidation sites excluding steroid dienone is 8. The highest BCUT2D eigenvalue weighted by molar-refractivity contribution is 5.70. The number of unbranched alkanes of at least 4 members (excludes halogenated alkanes) is 12. The minimum absolute atomic E-state index is 0.0787. The molecule has 0 fully saturated rings. The van der Waals surface area contributed by atoms with E-state index in [0.717, 1.165) is 77.0 Å². The molecule has 0 bridgehead atoms. The van der Waals surface area contributed by atoms with Gasteiger partial charge in [0.1, 0.15) is 6.61 Å².